The fourth-order valence-corrected chi connectivity index (χ4v) is 3.97. The van der Waals surface area contributed by atoms with Gasteiger partial charge < -0.3 is 10.6 Å². The Morgan fingerprint density at radius 2 is 1.83 bits per heavy atom. The number of anilines is 1. The van der Waals surface area contributed by atoms with Gasteiger partial charge in [-0.3, -0.25) is 19.3 Å². The number of carbonyl (C=O) groups is 4. The molecule has 2 aromatic rings. The van der Waals surface area contributed by atoms with E-state index in [0.29, 0.717) is 22.4 Å². The maximum Gasteiger partial charge on any atom is 0.325 e. The molecule has 2 atom stereocenters. The number of imide groups is 1. The van der Waals surface area contributed by atoms with Crippen LogP contribution in [-0.2, 0) is 15.1 Å². The Morgan fingerprint density at radius 1 is 1.13 bits per heavy atom. The molecule has 7 nitrogen and oxygen atoms in total. The number of nitrogens with one attached hydrogen (secondary N) is 2. The van der Waals surface area contributed by atoms with Gasteiger partial charge in [0.1, 0.15) is 11.4 Å². The maximum absolute atomic E-state index is 13.3. The molecule has 0 spiro atoms. The number of rotatable bonds is 5. The van der Waals surface area contributed by atoms with E-state index in [1.165, 1.54) is 24.3 Å². The number of benzene rings is 2. The van der Waals surface area contributed by atoms with Crippen molar-refractivity contribution in [3.05, 3.63) is 65.0 Å². The number of amides is 4. The van der Waals surface area contributed by atoms with Crippen LogP contribution >= 0.6 is 0 Å². The topological polar surface area (TPSA) is 95.6 Å². The average molecular weight is 409 g/mol. The van der Waals surface area contributed by atoms with Gasteiger partial charge in [0.2, 0.25) is 5.91 Å². The van der Waals surface area contributed by atoms with Crippen molar-refractivity contribution in [1.29, 1.82) is 0 Å². The van der Waals surface area contributed by atoms with Crippen molar-refractivity contribution < 1.29 is 23.6 Å². The van der Waals surface area contributed by atoms with E-state index in [4.69, 9.17) is 0 Å². The molecule has 2 heterocycles. The molecular formula is C22H20FN3O4. The molecule has 0 saturated carbocycles. The molecule has 154 valence electrons. The SMILES string of the molecule is CC[C@]1(c2ccc(F)cc2)NC(=O)N(CC(=O)c2ccc3c(c2)[C@H](C)C(=O)N3)C1=O. The lowest BCUT2D eigenvalue weighted by Gasteiger charge is -2.25. The Kier molecular flexibility index (Phi) is 4.64. The van der Waals surface area contributed by atoms with Crippen LogP contribution in [0.5, 0.6) is 0 Å². The summed E-state index contributed by atoms with van der Waals surface area (Å²) >= 11 is 0. The van der Waals surface area contributed by atoms with Crippen LogP contribution in [0.15, 0.2) is 42.5 Å². The molecule has 2 aromatic carbocycles. The summed E-state index contributed by atoms with van der Waals surface area (Å²) in [4.78, 5) is 51.2. The fraction of sp³-hybridized carbons (Fsp3) is 0.273. The third-order valence-electron chi connectivity index (χ3n) is 5.84. The maximum atomic E-state index is 13.3. The molecule has 8 heteroatoms. The van der Waals surface area contributed by atoms with E-state index in [1.54, 1.807) is 32.0 Å². The largest absolute Gasteiger partial charge is 0.325 e. The van der Waals surface area contributed by atoms with Gasteiger partial charge in [0.15, 0.2) is 5.78 Å². The first-order valence-corrected chi connectivity index (χ1v) is 9.65. The second-order valence-electron chi connectivity index (χ2n) is 7.52. The molecule has 0 radical (unpaired) electrons. The first kappa shape index (κ1) is 19.8. The summed E-state index contributed by atoms with van der Waals surface area (Å²) in [5.41, 5.74) is 0.787. The Labute approximate surface area is 172 Å². The molecule has 2 N–H and O–H groups in total. The minimum atomic E-state index is -1.34. The lowest BCUT2D eigenvalue weighted by Crippen LogP contribution is -2.43. The van der Waals surface area contributed by atoms with Crippen molar-refractivity contribution in [2.45, 2.75) is 31.7 Å². The zero-order valence-corrected chi connectivity index (χ0v) is 16.5. The second kappa shape index (κ2) is 7.05. The smallest absolute Gasteiger partial charge is 0.325 e. The van der Waals surface area contributed by atoms with Crippen LogP contribution in [0.25, 0.3) is 0 Å². The third kappa shape index (κ3) is 2.96. The van der Waals surface area contributed by atoms with E-state index in [-0.39, 0.29) is 18.2 Å². The summed E-state index contributed by atoms with van der Waals surface area (Å²) in [6, 6.07) is 9.50. The van der Waals surface area contributed by atoms with Crippen LogP contribution in [0.3, 0.4) is 0 Å². The van der Waals surface area contributed by atoms with Crippen molar-refractivity contribution in [3.8, 4) is 0 Å². The number of nitrogens with zero attached hydrogens (tertiary/aromatic N) is 1. The predicted molar refractivity (Wildman–Crippen MR) is 106 cm³/mol. The molecule has 2 aliphatic rings. The molecule has 0 aromatic heterocycles. The zero-order chi connectivity index (χ0) is 21.6. The van der Waals surface area contributed by atoms with Crippen LogP contribution in [0.2, 0.25) is 0 Å². The lowest BCUT2D eigenvalue weighted by molar-refractivity contribution is -0.131. The number of fused-ring (bicyclic) bond motifs is 1. The Morgan fingerprint density at radius 3 is 2.50 bits per heavy atom. The molecule has 2 aliphatic heterocycles. The van der Waals surface area contributed by atoms with Crippen LogP contribution < -0.4 is 10.6 Å². The summed E-state index contributed by atoms with van der Waals surface area (Å²) in [6.45, 7) is 3.05. The molecule has 4 amide bonds. The summed E-state index contributed by atoms with van der Waals surface area (Å²) in [7, 11) is 0. The van der Waals surface area contributed by atoms with Gasteiger partial charge in [0.05, 0.1) is 12.5 Å². The Hall–Kier alpha value is -3.55. The van der Waals surface area contributed by atoms with Crippen molar-refractivity contribution in [2.24, 2.45) is 0 Å². The molecule has 30 heavy (non-hydrogen) atoms. The molecule has 4 rings (SSSR count). The van der Waals surface area contributed by atoms with Crippen molar-refractivity contribution in [1.82, 2.24) is 10.2 Å². The molecule has 0 unspecified atom stereocenters. The van der Waals surface area contributed by atoms with Gasteiger partial charge in [-0.2, -0.15) is 0 Å². The highest BCUT2D eigenvalue weighted by Gasteiger charge is 2.51. The summed E-state index contributed by atoms with van der Waals surface area (Å²) < 4.78 is 13.3. The van der Waals surface area contributed by atoms with Gasteiger partial charge in [-0.25, -0.2) is 9.18 Å². The molecule has 0 bridgehead atoms. The minimum Gasteiger partial charge on any atom is -0.325 e. The van der Waals surface area contributed by atoms with E-state index in [2.05, 4.69) is 10.6 Å². The first-order chi connectivity index (χ1) is 14.3. The van der Waals surface area contributed by atoms with E-state index >= 15 is 0 Å². The van der Waals surface area contributed by atoms with Gasteiger partial charge >= 0.3 is 6.03 Å². The van der Waals surface area contributed by atoms with E-state index in [9.17, 15) is 23.6 Å². The number of halogens is 1. The highest BCUT2D eigenvalue weighted by Crippen LogP contribution is 2.34. The summed E-state index contributed by atoms with van der Waals surface area (Å²) in [5, 5.41) is 5.41. The predicted octanol–water partition coefficient (Wildman–Crippen LogP) is 2.92. The van der Waals surface area contributed by atoms with Crippen LogP contribution in [0.1, 0.15) is 47.7 Å². The first-order valence-electron chi connectivity index (χ1n) is 9.65. The molecule has 1 saturated heterocycles. The molecular weight excluding hydrogens is 389 g/mol. The quantitative estimate of drug-likeness (QED) is 0.586. The van der Waals surface area contributed by atoms with Crippen molar-refractivity contribution >= 4 is 29.3 Å². The van der Waals surface area contributed by atoms with Crippen LogP contribution in [-0.4, -0.2) is 35.1 Å². The number of ketones is 1. The second-order valence-corrected chi connectivity index (χ2v) is 7.52. The Bertz CT molecular complexity index is 1080. The van der Waals surface area contributed by atoms with Gasteiger partial charge in [-0.15, -0.1) is 0 Å². The van der Waals surface area contributed by atoms with Crippen LogP contribution in [0.4, 0.5) is 14.9 Å². The number of Topliss-reactive ketones (excluding diaryl/α,β-unsaturated/α-hetero) is 1. The Balaban J connectivity index is 1.59. The third-order valence-corrected chi connectivity index (χ3v) is 5.84. The number of urea groups is 1. The zero-order valence-electron chi connectivity index (χ0n) is 16.5. The van der Waals surface area contributed by atoms with Gasteiger partial charge in [-0.1, -0.05) is 19.1 Å². The van der Waals surface area contributed by atoms with E-state index in [0.717, 1.165) is 4.90 Å². The summed E-state index contributed by atoms with van der Waals surface area (Å²) in [6.07, 6.45) is 0.248. The van der Waals surface area contributed by atoms with E-state index in [1.807, 2.05) is 0 Å². The number of hydrogen-bond acceptors (Lipinski definition) is 4. The van der Waals surface area contributed by atoms with Crippen LogP contribution in [0, 0.1) is 5.82 Å². The van der Waals surface area contributed by atoms with E-state index < -0.39 is 35.6 Å². The van der Waals surface area contributed by atoms with Crippen molar-refractivity contribution in [2.75, 3.05) is 11.9 Å². The normalized spacial score (nSPS) is 22.7. The monoisotopic (exact) mass is 409 g/mol. The fourth-order valence-electron chi connectivity index (χ4n) is 3.97. The highest BCUT2D eigenvalue weighted by atomic mass is 19.1. The molecule has 0 aliphatic carbocycles. The average Bonchev–Trinajstić information content (AvgIpc) is 3.16. The van der Waals surface area contributed by atoms with Gasteiger partial charge in [0, 0.05) is 11.3 Å². The minimum absolute atomic E-state index is 0.143. The number of carbonyl (C=O) groups excluding carboxylic acids is 4. The highest BCUT2D eigenvalue weighted by molar-refractivity contribution is 6.12. The molecule has 1 fully saturated rings. The lowest BCUT2D eigenvalue weighted by atomic mass is 9.87. The standard InChI is InChI=1S/C22H20FN3O4/c1-3-22(14-5-7-15(23)8-6-14)20(29)26(21(30)25-22)11-18(27)13-4-9-17-16(10-13)12(2)19(28)24-17/h4-10,12H,3,11H2,1-2H3,(H,24,28)(H,25,30)/t12-,22+/m0/s1. The van der Waals surface area contributed by atoms with Crippen molar-refractivity contribution in [3.63, 3.8) is 0 Å². The van der Waals surface area contributed by atoms with Gasteiger partial charge in [-0.05, 0) is 54.8 Å². The summed E-state index contributed by atoms with van der Waals surface area (Å²) in [5.74, 6) is -1.95. The van der Waals surface area contributed by atoms with Gasteiger partial charge in [0.25, 0.3) is 5.91 Å². The number of hydrogen-bond donors (Lipinski definition) is 2.